The number of carbonyl (C=O) groups is 1. The Labute approximate surface area is 172 Å². The number of hydrogen-bond acceptors (Lipinski definition) is 4. The zero-order valence-electron chi connectivity index (χ0n) is 15.1. The molecule has 6 heteroatoms. The molecule has 0 aliphatic rings. The Bertz CT molecular complexity index is 1150. The third-order valence-corrected chi connectivity index (χ3v) is 5.46. The summed E-state index contributed by atoms with van der Waals surface area (Å²) in [5.41, 5.74) is 4.38. The van der Waals surface area contributed by atoms with E-state index in [1.165, 1.54) is 0 Å². The summed E-state index contributed by atoms with van der Waals surface area (Å²) in [6, 6.07) is 23.3. The number of rotatable bonds is 3. The number of hydrogen-bond donors (Lipinski definition) is 2. The van der Waals surface area contributed by atoms with Crippen molar-refractivity contribution in [3.05, 3.63) is 83.9 Å². The monoisotopic (exact) mass is 403 g/mol. The van der Waals surface area contributed by atoms with Crippen LogP contribution in [0, 0.1) is 6.92 Å². The number of aromatic nitrogens is 1. The molecule has 4 rings (SSSR count). The Morgan fingerprint density at radius 2 is 1.82 bits per heavy atom. The number of benzene rings is 3. The molecule has 0 saturated heterocycles. The molecule has 3 aromatic carbocycles. The van der Waals surface area contributed by atoms with E-state index in [9.17, 15) is 4.79 Å². The first-order valence-corrected chi connectivity index (χ1v) is 9.96. The van der Waals surface area contributed by atoms with Crippen molar-refractivity contribution in [2.45, 2.75) is 6.92 Å². The largest absolute Gasteiger partial charge is 0.332 e. The molecule has 0 spiro atoms. The molecular weight excluding hydrogens is 386 g/mol. The second kappa shape index (κ2) is 7.88. The Morgan fingerprint density at radius 1 is 1.00 bits per heavy atom. The van der Waals surface area contributed by atoms with Crippen molar-refractivity contribution in [2.24, 2.45) is 0 Å². The second-order valence-electron chi connectivity index (χ2n) is 6.35. The van der Waals surface area contributed by atoms with E-state index >= 15 is 0 Å². The van der Waals surface area contributed by atoms with Crippen molar-refractivity contribution in [2.75, 3.05) is 5.32 Å². The molecule has 0 unspecified atom stereocenters. The van der Waals surface area contributed by atoms with Gasteiger partial charge in [0.1, 0.15) is 5.01 Å². The number of nitrogens with zero attached hydrogens (tertiary/aromatic N) is 1. The highest BCUT2D eigenvalue weighted by Crippen LogP contribution is 2.31. The highest BCUT2D eigenvalue weighted by molar-refractivity contribution is 7.80. The van der Waals surface area contributed by atoms with Gasteiger partial charge in [-0.05, 0) is 55.5 Å². The summed E-state index contributed by atoms with van der Waals surface area (Å²) in [6.07, 6.45) is 0. The van der Waals surface area contributed by atoms with Crippen LogP contribution in [0.1, 0.15) is 15.9 Å². The molecule has 0 aliphatic carbocycles. The van der Waals surface area contributed by atoms with Gasteiger partial charge >= 0.3 is 0 Å². The molecule has 4 aromatic rings. The minimum Gasteiger partial charge on any atom is -0.332 e. The summed E-state index contributed by atoms with van der Waals surface area (Å²) in [6.45, 7) is 1.95. The first kappa shape index (κ1) is 18.3. The number of aryl methyl sites for hydroxylation is 1. The van der Waals surface area contributed by atoms with E-state index in [0.29, 0.717) is 5.56 Å². The molecule has 0 radical (unpaired) electrons. The van der Waals surface area contributed by atoms with Crippen molar-refractivity contribution in [3.8, 4) is 10.6 Å². The number of thiazole rings is 1. The maximum Gasteiger partial charge on any atom is 0.257 e. The summed E-state index contributed by atoms with van der Waals surface area (Å²) >= 11 is 6.95. The molecule has 1 aromatic heterocycles. The van der Waals surface area contributed by atoms with E-state index in [-0.39, 0.29) is 11.0 Å². The van der Waals surface area contributed by atoms with Crippen LogP contribution in [0.3, 0.4) is 0 Å². The molecular formula is C22H17N3OS2. The van der Waals surface area contributed by atoms with Crippen LogP contribution in [-0.2, 0) is 0 Å². The molecule has 0 fully saturated rings. The van der Waals surface area contributed by atoms with Gasteiger partial charge in [0.2, 0.25) is 0 Å². The molecule has 0 bridgehead atoms. The van der Waals surface area contributed by atoms with E-state index in [1.54, 1.807) is 17.4 Å². The van der Waals surface area contributed by atoms with Gasteiger partial charge in [-0.1, -0.05) is 42.0 Å². The second-order valence-corrected chi connectivity index (χ2v) is 7.78. The van der Waals surface area contributed by atoms with Gasteiger partial charge in [0, 0.05) is 16.8 Å². The Balaban J connectivity index is 1.48. The number of anilines is 1. The lowest BCUT2D eigenvalue weighted by Crippen LogP contribution is -2.34. The van der Waals surface area contributed by atoms with Crippen LogP contribution in [0.15, 0.2) is 72.8 Å². The fraction of sp³-hybridized carbons (Fsp3) is 0.0455. The number of amides is 1. The lowest BCUT2D eigenvalue weighted by atomic mass is 10.1. The quantitative estimate of drug-likeness (QED) is 0.450. The molecule has 1 heterocycles. The summed E-state index contributed by atoms with van der Waals surface area (Å²) in [5, 5.41) is 7.00. The van der Waals surface area contributed by atoms with E-state index in [0.717, 1.165) is 32.0 Å². The van der Waals surface area contributed by atoms with Crippen molar-refractivity contribution >= 4 is 50.5 Å². The summed E-state index contributed by atoms with van der Waals surface area (Å²) in [7, 11) is 0. The first-order chi connectivity index (χ1) is 13.6. The van der Waals surface area contributed by atoms with Gasteiger partial charge in [0.15, 0.2) is 5.11 Å². The number of para-hydroxylation sites is 1. The Hall–Kier alpha value is -3.09. The van der Waals surface area contributed by atoms with Gasteiger partial charge in [-0.2, -0.15) is 0 Å². The predicted octanol–water partition coefficient (Wildman–Crippen LogP) is 5.40. The molecule has 138 valence electrons. The van der Waals surface area contributed by atoms with Crippen LogP contribution >= 0.6 is 23.6 Å². The van der Waals surface area contributed by atoms with Gasteiger partial charge in [-0.25, -0.2) is 4.98 Å². The van der Waals surface area contributed by atoms with Crippen molar-refractivity contribution in [1.29, 1.82) is 0 Å². The third-order valence-electron chi connectivity index (χ3n) is 4.17. The molecule has 2 N–H and O–H groups in total. The van der Waals surface area contributed by atoms with Crippen LogP contribution in [-0.4, -0.2) is 16.0 Å². The van der Waals surface area contributed by atoms with E-state index in [1.807, 2.05) is 67.6 Å². The lowest BCUT2D eigenvalue weighted by molar-refractivity contribution is 0.0977. The van der Waals surface area contributed by atoms with Crippen LogP contribution in [0.5, 0.6) is 0 Å². The van der Waals surface area contributed by atoms with E-state index in [4.69, 9.17) is 12.2 Å². The minimum absolute atomic E-state index is 0.233. The number of thiocarbonyl (C=S) groups is 1. The molecule has 0 saturated carbocycles. The third kappa shape index (κ3) is 4.08. The van der Waals surface area contributed by atoms with Gasteiger partial charge in [-0.15, -0.1) is 11.3 Å². The lowest BCUT2D eigenvalue weighted by Gasteiger charge is -2.10. The van der Waals surface area contributed by atoms with Crippen LogP contribution in [0.2, 0.25) is 0 Å². The molecule has 28 heavy (non-hydrogen) atoms. The molecule has 4 nitrogen and oxygen atoms in total. The summed E-state index contributed by atoms with van der Waals surface area (Å²) in [4.78, 5) is 17.0. The van der Waals surface area contributed by atoms with Gasteiger partial charge in [-0.3, -0.25) is 10.1 Å². The van der Waals surface area contributed by atoms with Crippen molar-refractivity contribution in [3.63, 3.8) is 0 Å². The predicted molar refractivity (Wildman–Crippen MR) is 120 cm³/mol. The van der Waals surface area contributed by atoms with Gasteiger partial charge < -0.3 is 5.32 Å². The highest BCUT2D eigenvalue weighted by Gasteiger charge is 2.10. The zero-order valence-corrected chi connectivity index (χ0v) is 16.7. The Kier molecular flexibility index (Phi) is 5.14. The summed E-state index contributed by atoms with van der Waals surface area (Å²) in [5.74, 6) is -0.233. The minimum atomic E-state index is -0.233. The maximum absolute atomic E-state index is 12.3. The maximum atomic E-state index is 12.3. The average Bonchev–Trinajstić information content (AvgIpc) is 3.12. The average molecular weight is 404 g/mol. The van der Waals surface area contributed by atoms with Gasteiger partial charge in [0.05, 0.1) is 10.2 Å². The summed E-state index contributed by atoms with van der Waals surface area (Å²) < 4.78 is 1.15. The first-order valence-electron chi connectivity index (χ1n) is 8.73. The van der Waals surface area contributed by atoms with E-state index in [2.05, 4.69) is 21.7 Å². The molecule has 0 atom stereocenters. The number of carbonyl (C=O) groups excluding carboxylic acids is 1. The van der Waals surface area contributed by atoms with Crippen LogP contribution in [0.4, 0.5) is 5.69 Å². The smallest absolute Gasteiger partial charge is 0.257 e. The fourth-order valence-corrected chi connectivity index (χ4v) is 4.02. The SMILES string of the molecule is Cc1cccc(C(=O)NC(=S)Nc2cccc(-c3nc4ccccc4s3)c2)c1. The topological polar surface area (TPSA) is 54.0 Å². The van der Waals surface area contributed by atoms with E-state index < -0.39 is 0 Å². The van der Waals surface area contributed by atoms with Crippen LogP contribution in [0.25, 0.3) is 20.8 Å². The number of nitrogens with one attached hydrogen (secondary N) is 2. The Morgan fingerprint density at radius 3 is 2.64 bits per heavy atom. The van der Waals surface area contributed by atoms with Crippen LogP contribution < -0.4 is 10.6 Å². The normalized spacial score (nSPS) is 10.6. The number of fused-ring (bicyclic) bond motifs is 1. The fourth-order valence-electron chi connectivity index (χ4n) is 2.85. The molecule has 0 aliphatic heterocycles. The standard InChI is InChI=1S/C22H17N3OS2/c1-14-6-4-7-15(12-14)20(26)25-22(27)23-17-9-5-8-16(13-17)21-24-18-10-2-3-11-19(18)28-21/h2-13H,1H3,(H2,23,25,26,27). The molecule has 1 amide bonds. The van der Waals surface area contributed by atoms with Gasteiger partial charge in [0.25, 0.3) is 5.91 Å². The highest BCUT2D eigenvalue weighted by atomic mass is 32.1. The zero-order chi connectivity index (χ0) is 19.5. The van der Waals surface area contributed by atoms with Crippen molar-refractivity contribution < 1.29 is 4.79 Å². The van der Waals surface area contributed by atoms with Crippen molar-refractivity contribution in [1.82, 2.24) is 10.3 Å².